The number of rotatable bonds is 7. The fraction of sp³-hybridized carbons (Fsp3) is 0.385. The van der Waals surface area contributed by atoms with E-state index in [4.69, 9.17) is 0 Å². The van der Waals surface area contributed by atoms with Crippen LogP contribution in [-0.2, 0) is 21.9 Å². The largest absolute Gasteiger partial charge is 0.349 e. The zero-order valence-electron chi connectivity index (χ0n) is 20.2. The number of carbonyl (C=O) groups excluding carboxylic acids is 1. The number of halogens is 1. The molecule has 1 fully saturated rings. The third-order valence-electron chi connectivity index (χ3n) is 6.57. The molecule has 0 unspecified atom stereocenters. The molecular formula is C26H31FN4O3S. The maximum atomic E-state index is 13.1. The van der Waals surface area contributed by atoms with Crippen LogP contribution >= 0.6 is 0 Å². The number of amides is 1. The topological polar surface area (TPSA) is 93.1 Å². The molecule has 7 nitrogen and oxygen atoms in total. The van der Waals surface area contributed by atoms with E-state index in [1.807, 2.05) is 31.7 Å². The van der Waals surface area contributed by atoms with Gasteiger partial charge in [-0.2, -0.15) is 0 Å². The Morgan fingerprint density at radius 2 is 1.69 bits per heavy atom. The Labute approximate surface area is 205 Å². The van der Waals surface area contributed by atoms with Gasteiger partial charge in [-0.15, -0.1) is 0 Å². The van der Waals surface area contributed by atoms with Crippen molar-refractivity contribution in [2.75, 3.05) is 0 Å². The molecule has 1 atom stereocenters. The highest BCUT2D eigenvalue weighted by molar-refractivity contribution is 7.89. The van der Waals surface area contributed by atoms with E-state index in [1.54, 1.807) is 36.4 Å². The first-order valence-corrected chi connectivity index (χ1v) is 13.3. The zero-order valence-corrected chi connectivity index (χ0v) is 21.0. The van der Waals surface area contributed by atoms with Gasteiger partial charge in [-0.25, -0.2) is 22.5 Å². The number of benzene rings is 2. The van der Waals surface area contributed by atoms with Crippen molar-refractivity contribution in [1.29, 1.82) is 0 Å². The molecule has 0 radical (unpaired) electrons. The lowest BCUT2D eigenvalue weighted by Gasteiger charge is -2.29. The van der Waals surface area contributed by atoms with Crippen LogP contribution in [0.2, 0.25) is 0 Å². The van der Waals surface area contributed by atoms with Crippen LogP contribution in [0.3, 0.4) is 0 Å². The van der Waals surface area contributed by atoms with Gasteiger partial charge in [0.05, 0.1) is 16.6 Å². The van der Waals surface area contributed by atoms with E-state index in [-0.39, 0.29) is 34.6 Å². The number of imidazole rings is 1. The highest BCUT2D eigenvalue weighted by atomic mass is 32.2. The first-order valence-electron chi connectivity index (χ1n) is 11.8. The summed E-state index contributed by atoms with van der Waals surface area (Å²) in [6, 6.07) is 12.4. The van der Waals surface area contributed by atoms with Gasteiger partial charge in [-0.1, -0.05) is 12.1 Å². The van der Waals surface area contributed by atoms with E-state index in [9.17, 15) is 17.6 Å². The predicted molar refractivity (Wildman–Crippen MR) is 132 cm³/mol. The highest BCUT2D eigenvalue weighted by Gasteiger charge is 2.29. The minimum Gasteiger partial charge on any atom is -0.349 e. The van der Waals surface area contributed by atoms with Gasteiger partial charge in [0.2, 0.25) is 15.9 Å². The maximum Gasteiger partial charge on any atom is 0.240 e. The van der Waals surface area contributed by atoms with Crippen molar-refractivity contribution in [3.63, 3.8) is 0 Å². The molecule has 1 heterocycles. The molecule has 0 saturated heterocycles. The molecule has 0 aliphatic heterocycles. The summed E-state index contributed by atoms with van der Waals surface area (Å²) >= 11 is 0. The molecule has 186 valence electrons. The summed E-state index contributed by atoms with van der Waals surface area (Å²) in [6.07, 6.45) is 4.31. The van der Waals surface area contributed by atoms with Crippen LogP contribution in [0.1, 0.15) is 49.9 Å². The Morgan fingerprint density at radius 3 is 2.26 bits per heavy atom. The first-order chi connectivity index (χ1) is 16.6. The van der Waals surface area contributed by atoms with Gasteiger partial charge >= 0.3 is 0 Å². The lowest BCUT2D eigenvalue weighted by molar-refractivity contribution is -0.126. The second-order valence-electron chi connectivity index (χ2n) is 9.29. The lowest BCUT2D eigenvalue weighted by Crippen LogP contribution is -2.41. The van der Waals surface area contributed by atoms with Gasteiger partial charge in [0.1, 0.15) is 11.6 Å². The number of aromatic nitrogens is 2. The summed E-state index contributed by atoms with van der Waals surface area (Å²) in [5, 5.41) is 2.99. The summed E-state index contributed by atoms with van der Waals surface area (Å²) in [5.41, 5.74) is 2.58. The molecule has 0 spiro atoms. The molecule has 0 bridgehead atoms. The Hall–Kier alpha value is -3.04. The lowest BCUT2D eigenvalue weighted by atomic mass is 9.85. The average Bonchev–Trinajstić information content (AvgIpc) is 3.17. The van der Waals surface area contributed by atoms with E-state index in [0.717, 1.165) is 22.6 Å². The fourth-order valence-corrected chi connectivity index (χ4v) is 5.90. The van der Waals surface area contributed by atoms with Gasteiger partial charge in [-0.3, -0.25) is 4.79 Å². The molecular weight excluding hydrogens is 467 g/mol. The first kappa shape index (κ1) is 25.1. The third kappa shape index (κ3) is 5.97. The van der Waals surface area contributed by atoms with Crippen LogP contribution in [0, 0.1) is 18.7 Å². The SMILES string of the molecule is Cc1cn(C)c(-c2ccc(S(=O)(=O)N[C@H]3CC[C@H](C(=O)N[C@H](C)c4ccc(F)cc4)CC3)cc2)n1. The van der Waals surface area contributed by atoms with Gasteiger partial charge in [0.25, 0.3) is 0 Å². The van der Waals surface area contributed by atoms with Crippen molar-refractivity contribution < 1.29 is 17.6 Å². The summed E-state index contributed by atoms with van der Waals surface area (Å²) in [6.45, 7) is 3.78. The normalized spacial score (nSPS) is 19.3. The van der Waals surface area contributed by atoms with Crippen molar-refractivity contribution in [2.24, 2.45) is 13.0 Å². The van der Waals surface area contributed by atoms with Crippen LogP contribution < -0.4 is 10.0 Å². The molecule has 1 aliphatic carbocycles. The fourth-order valence-electron chi connectivity index (χ4n) is 4.59. The minimum absolute atomic E-state index is 0.0526. The smallest absolute Gasteiger partial charge is 0.240 e. The van der Waals surface area contributed by atoms with Gasteiger partial charge in [-0.05, 0) is 81.5 Å². The number of sulfonamides is 1. The van der Waals surface area contributed by atoms with Crippen molar-refractivity contribution in [3.05, 3.63) is 71.8 Å². The Morgan fingerprint density at radius 1 is 1.06 bits per heavy atom. The maximum absolute atomic E-state index is 13.1. The molecule has 1 aromatic heterocycles. The van der Waals surface area contributed by atoms with Gasteiger partial charge < -0.3 is 9.88 Å². The second-order valence-corrected chi connectivity index (χ2v) is 11.0. The van der Waals surface area contributed by atoms with Crippen LogP contribution in [0.15, 0.2) is 59.6 Å². The number of nitrogens with one attached hydrogen (secondary N) is 2. The van der Waals surface area contributed by atoms with Crippen molar-refractivity contribution in [3.8, 4) is 11.4 Å². The van der Waals surface area contributed by atoms with Crippen LogP contribution in [0.25, 0.3) is 11.4 Å². The summed E-state index contributed by atoms with van der Waals surface area (Å²) in [4.78, 5) is 17.4. The Bertz CT molecular complexity index is 1280. The number of carbonyl (C=O) groups is 1. The summed E-state index contributed by atoms with van der Waals surface area (Å²) < 4.78 is 43.7. The molecule has 2 N–H and O–H groups in total. The van der Waals surface area contributed by atoms with E-state index >= 15 is 0 Å². The van der Waals surface area contributed by atoms with Crippen molar-refractivity contribution >= 4 is 15.9 Å². The van der Waals surface area contributed by atoms with E-state index in [2.05, 4.69) is 15.0 Å². The van der Waals surface area contributed by atoms with Crippen LogP contribution in [-0.4, -0.2) is 29.9 Å². The van der Waals surface area contributed by atoms with Gasteiger partial charge in [0, 0.05) is 30.8 Å². The molecule has 1 amide bonds. The van der Waals surface area contributed by atoms with E-state index in [1.165, 1.54) is 12.1 Å². The van der Waals surface area contributed by atoms with Gasteiger partial charge in [0.15, 0.2) is 0 Å². The monoisotopic (exact) mass is 498 g/mol. The molecule has 1 saturated carbocycles. The highest BCUT2D eigenvalue weighted by Crippen LogP contribution is 2.27. The number of aryl methyl sites for hydroxylation is 2. The van der Waals surface area contributed by atoms with E-state index in [0.29, 0.717) is 25.7 Å². The molecule has 35 heavy (non-hydrogen) atoms. The minimum atomic E-state index is -3.67. The molecule has 2 aromatic carbocycles. The summed E-state index contributed by atoms with van der Waals surface area (Å²) in [7, 11) is -1.76. The number of nitrogens with zero attached hydrogens (tertiary/aromatic N) is 2. The standard InChI is InChI=1S/C26H31FN4O3S/c1-17-16-31(3)25(28-17)20-8-14-24(15-9-20)35(33,34)30-23-12-6-21(7-13-23)26(32)29-18(2)19-4-10-22(27)11-5-19/h4-5,8-11,14-16,18,21,23,30H,6-7,12-13H2,1-3H3,(H,29,32)/t18-,21-,23-/m1/s1. The Balaban J connectivity index is 1.31. The summed E-state index contributed by atoms with van der Waals surface area (Å²) in [5.74, 6) is 0.249. The average molecular weight is 499 g/mol. The second kappa shape index (κ2) is 10.3. The number of hydrogen-bond acceptors (Lipinski definition) is 4. The molecule has 4 rings (SSSR count). The molecule has 1 aliphatic rings. The predicted octanol–water partition coefficient (Wildman–Crippen LogP) is 4.25. The molecule has 3 aromatic rings. The van der Waals surface area contributed by atoms with Crippen LogP contribution in [0.4, 0.5) is 4.39 Å². The van der Waals surface area contributed by atoms with Crippen LogP contribution in [0.5, 0.6) is 0 Å². The van der Waals surface area contributed by atoms with Crippen molar-refractivity contribution in [2.45, 2.75) is 56.5 Å². The number of hydrogen-bond donors (Lipinski definition) is 2. The molecule has 9 heteroatoms. The van der Waals surface area contributed by atoms with Crippen molar-refractivity contribution in [1.82, 2.24) is 19.6 Å². The Kier molecular flexibility index (Phi) is 7.37. The van der Waals surface area contributed by atoms with E-state index < -0.39 is 10.0 Å². The quantitative estimate of drug-likeness (QED) is 0.509. The zero-order chi connectivity index (χ0) is 25.2. The third-order valence-corrected chi connectivity index (χ3v) is 8.10.